The fourth-order valence-corrected chi connectivity index (χ4v) is 2.74. The van der Waals surface area contributed by atoms with Crippen molar-refractivity contribution in [2.45, 2.75) is 6.42 Å². The van der Waals surface area contributed by atoms with Crippen molar-refractivity contribution in [1.82, 2.24) is 0 Å². The van der Waals surface area contributed by atoms with E-state index in [1.807, 2.05) is 12.1 Å². The molecule has 0 aliphatic heterocycles. The van der Waals surface area contributed by atoms with E-state index in [1.54, 1.807) is 6.26 Å². The highest BCUT2D eigenvalue weighted by atomic mass is 16.3. The van der Waals surface area contributed by atoms with E-state index in [0.717, 1.165) is 17.7 Å². The molecule has 86 valence electrons. The average molecular weight is 232 g/mol. The van der Waals surface area contributed by atoms with Gasteiger partial charge in [-0.1, -0.05) is 36.4 Å². The summed E-state index contributed by atoms with van der Waals surface area (Å²) in [5.41, 5.74) is 6.71. The maximum atomic E-state index is 5.46. The van der Waals surface area contributed by atoms with Crippen LogP contribution in [0.2, 0.25) is 0 Å². The van der Waals surface area contributed by atoms with Crippen LogP contribution in [-0.4, -0.2) is 0 Å². The van der Waals surface area contributed by atoms with E-state index in [1.165, 1.54) is 22.3 Å². The lowest BCUT2D eigenvalue weighted by atomic mass is 10.0. The van der Waals surface area contributed by atoms with E-state index in [9.17, 15) is 0 Å². The lowest BCUT2D eigenvalue weighted by molar-refractivity contribution is 0.582. The summed E-state index contributed by atoms with van der Waals surface area (Å²) in [6, 6.07) is 19.1. The van der Waals surface area contributed by atoms with Crippen LogP contribution in [0.5, 0.6) is 0 Å². The third-order valence-electron chi connectivity index (χ3n) is 3.60. The second kappa shape index (κ2) is 3.61. The Kier molecular flexibility index (Phi) is 1.95. The molecule has 0 fully saturated rings. The lowest BCUT2D eigenvalue weighted by Gasteiger charge is -2.03. The van der Waals surface area contributed by atoms with Gasteiger partial charge < -0.3 is 4.42 Å². The molecular weight excluding hydrogens is 220 g/mol. The maximum absolute atomic E-state index is 5.46. The van der Waals surface area contributed by atoms with Gasteiger partial charge in [-0.2, -0.15) is 0 Å². The first kappa shape index (κ1) is 9.72. The van der Waals surface area contributed by atoms with Gasteiger partial charge in [0.25, 0.3) is 0 Å². The third kappa shape index (κ3) is 1.34. The number of hydrogen-bond acceptors (Lipinski definition) is 1. The standard InChI is InChI=1S/C17H12O/c1-2-5-15-12(4-1)10-14-11-13(7-8-16(14)15)17-6-3-9-18-17/h1-9,11H,10H2. The topological polar surface area (TPSA) is 13.1 Å². The Labute approximate surface area is 106 Å². The molecule has 0 amide bonds. The summed E-state index contributed by atoms with van der Waals surface area (Å²) in [6.07, 6.45) is 2.75. The molecule has 2 aromatic carbocycles. The Morgan fingerprint density at radius 2 is 1.67 bits per heavy atom. The van der Waals surface area contributed by atoms with Crippen LogP contribution in [0.3, 0.4) is 0 Å². The van der Waals surface area contributed by atoms with E-state index in [4.69, 9.17) is 4.42 Å². The van der Waals surface area contributed by atoms with E-state index in [-0.39, 0.29) is 0 Å². The number of furan rings is 1. The summed E-state index contributed by atoms with van der Waals surface area (Å²) >= 11 is 0. The molecule has 0 N–H and O–H groups in total. The SMILES string of the molecule is c1coc(-c2ccc3c(c2)Cc2ccccc2-3)c1. The zero-order chi connectivity index (χ0) is 11.9. The minimum Gasteiger partial charge on any atom is -0.464 e. The van der Waals surface area contributed by atoms with Crippen molar-refractivity contribution in [2.75, 3.05) is 0 Å². The molecule has 4 rings (SSSR count). The second-order valence-corrected chi connectivity index (χ2v) is 4.68. The first-order valence-corrected chi connectivity index (χ1v) is 6.17. The number of hydrogen-bond donors (Lipinski definition) is 0. The molecule has 1 aliphatic carbocycles. The summed E-state index contributed by atoms with van der Waals surface area (Å²) in [6.45, 7) is 0. The minimum atomic E-state index is 0.939. The van der Waals surface area contributed by atoms with Crippen molar-refractivity contribution in [3.05, 3.63) is 72.0 Å². The Hall–Kier alpha value is -2.28. The van der Waals surface area contributed by atoms with Crippen molar-refractivity contribution in [3.8, 4) is 22.5 Å². The molecule has 0 unspecified atom stereocenters. The van der Waals surface area contributed by atoms with Gasteiger partial charge in [-0.25, -0.2) is 0 Å². The van der Waals surface area contributed by atoms with Gasteiger partial charge in [-0.15, -0.1) is 0 Å². The van der Waals surface area contributed by atoms with E-state index in [0.29, 0.717) is 0 Å². The van der Waals surface area contributed by atoms with Gasteiger partial charge in [-0.3, -0.25) is 0 Å². The van der Waals surface area contributed by atoms with Crippen LogP contribution >= 0.6 is 0 Å². The van der Waals surface area contributed by atoms with Crippen LogP contribution in [0.4, 0.5) is 0 Å². The molecule has 18 heavy (non-hydrogen) atoms. The smallest absolute Gasteiger partial charge is 0.133 e. The molecule has 1 heteroatoms. The van der Waals surface area contributed by atoms with Gasteiger partial charge in [0.15, 0.2) is 0 Å². The predicted molar refractivity (Wildman–Crippen MR) is 72.4 cm³/mol. The number of rotatable bonds is 1. The molecule has 1 aromatic heterocycles. The second-order valence-electron chi connectivity index (χ2n) is 4.68. The molecule has 0 saturated carbocycles. The highest BCUT2D eigenvalue weighted by Crippen LogP contribution is 2.38. The van der Waals surface area contributed by atoms with Gasteiger partial charge in [0, 0.05) is 5.56 Å². The maximum Gasteiger partial charge on any atom is 0.133 e. The normalized spacial score (nSPS) is 12.2. The molecular formula is C17H12O. The van der Waals surface area contributed by atoms with Gasteiger partial charge in [0.05, 0.1) is 6.26 Å². The van der Waals surface area contributed by atoms with Gasteiger partial charge >= 0.3 is 0 Å². The van der Waals surface area contributed by atoms with E-state index < -0.39 is 0 Å². The van der Waals surface area contributed by atoms with Crippen molar-refractivity contribution in [2.24, 2.45) is 0 Å². The molecule has 0 bridgehead atoms. The zero-order valence-electron chi connectivity index (χ0n) is 9.89. The molecule has 0 atom stereocenters. The van der Waals surface area contributed by atoms with Crippen LogP contribution in [0, 0.1) is 0 Å². The van der Waals surface area contributed by atoms with Crippen LogP contribution in [0.1, 0.15) is 11.1 Å². The molecule has 1 aliphatic rings. The Morgan fingerprint density at radius 3 is 2.56 bits per heavy atom. The monoisotopic (exact) mass is 232 g/mol. The zero-order valence-corrected chi connectivity index (χ0v) is 9.89. The van der Waals surface area contributed by atoms with Crippen LogP contribution in [0.15, 0.2) is 65.3 Å². The quantitative estimate of drug-likeness (QED) is 0.470. The molecule has 3 aromatic rings. The van der Waals surface area contributed by atoms with Gasteiger partial charge in [-0.05, 0) is 46.9 Å². The highest BCUT2D eigenvalue weighted by molar-refractivity contribution is 5.79. The summed E-state index contributed by atoms with van der Waals surface area (Å²) in [4.78, 5) is 0. The molecule has 1 heterocycles. The molecule has 0 saturated heterocycles. The number of benzene rings is 2. The van der Waals surface area contributed by atoms with Crippen LogP contribution < -0.4 is 0 Å². The van der Waals surface area contributed by atoms with Crippen molar-refractivity contribution >= 4 is 0 Å². The predicted octanol–water partition coefficient (Wildman–Crippen LogP) is 4.52. The van der Waals surface area contributed by atoms with Crippen LogP contribution in [-0.2, 0) is 6.42 Å². The number of fused-ring (bicyclic) bond motifs is 3. The van der Waals surface area contributed by atoms with E-state index >= 15 is 0 Å². The Morgan fingerprint density at radius 1 is 0.778 bits per heavy atom. The van der Waals surface area contributed by atoms with E-state index in [2.05, 4.69) is 42.5 Å². The first-order valence-electron chi connectivity index (χ1n) is 6.17. The van der Waals surface area contributed by atoms with Crippen LogP contribution in [0.25, 0.3) is 22.5 Å². The van der Waals surface area contributed by atoms with Crippen molar-refractivity contribution in [1.29, 1.82) is 0 Å². The molecule has 1 nitrogen and oxygen atoms in total. The van der Waals surface area contributed by atoms with Crippen molar-refractivity contribution in [3.63, 3.8) is 0 Å². The highest BCUT2D eigenvalue weighted by Gasteiger charge is 2.18. The summed E-state index contributed by atoms with van der Waals surface area (Å²) in [7, 11) is 0. The largest absolute Gasteiger partial charge is 0.464 e. The molecule has 0 spiro atoms. The fraction of sp³-hybridized carbons (Fsp3) is 0.0588. The third-order valence-corrected chi connectivity index (χ3v) is 3.60. The van der Waals surface area contributed by atoms with Crippen molar-refractivity contribution < 1.29 is 4.42 Å². The molecule has 0 radical (unpaired) electrons. The summed E-state index contributed by atoms with van der Waals surface area (Å²) in [5, 5.41) is 0. The minimum absolute atomic E-state index is 0.939. The Balaban J connectivity index is 1.87. The average Bonchev–Trinajstić information content (AvgIpc) is 3.05. The lowest BCUT2D eigenvalue weighted by Crippen LogP contribution is -1.82. The van der Waals surface area contributed by atoms with Gasteiger partial charge in [0.2, 0.25) is 0 Å². The summed E-state index contributed by atoms with van der Waals surface area (Å²) in [5.74, 6) is 0.939. The Bertz CT molecular complexity index is 708. The van der Waals surface area contributed by atoms with Gasteiger partial charge in [0.1, 0.15) is 5.76 Å². The first-order chi connectivity index (χ1) is 8.92. The fourth-order valence-electron chi connectivity index (χ4n) is 2.74. The summed E-state index contributed by atoms with van der Waals surface area (Å²) < 4.78 is 5.46.